The van der Waals surface area contributed by atoms with E-state index in [2.05, 4.69) is 4.90 Å². The number of carbonyl (C=O) groups is 1. The van der Waals surface area contributed by atoms with E-state index in [0.717, 1.165) is 51.4 Å². The van der Waals surface area contributed by atoms with Crippen LogP contribution in [0.25, 0.3) is 17.2 Å². The molecule has 1 heterocycles. The van der Waals surface area contributed by atoms with Gasteiger partial charge in [0, 0.05) is 41.6 Å². The lowest BCUT2D eigenvalue weighted by Crippen LogP contribution is -2.38. The standard InChI is InChI=1S/C26H28FNO4S/c1-18-23(15-19-3-6-21(7-4-19)33(2)30)22-8-5-20(27)16-25(22)24(18)17-26(29)32-14-11-28-9-12-31-13-10-28/h3-8,15-16H,9-14,17H2,1-2H3. The first kappa shape index (κ1) is 23.5. The molecule has 5 nitrogen and oxygen atoms in total. The van der Waals surface area contributed by atoms with Crippen molar-refractivity contribution < 1.29 is 22.9 Å². The predicted octanol–water partition coefficient (Wildman–Crippen LogP) is 4.16. The van der Waals surface area contributed by atoms with Gasteiger partial charge in [-0.3, -0.25) is 13.9 Å². The maximum Gasteiger partial charge on any atom is 0.310 e. The van der Waals surface area contributed by atoms with E-state index in [9.17, 15) is 13.4 Å². The molecule has 1 aliphatic heterocycles. The van der Waals surface area contributed by atoms with E-state index in [1.54, 1.807) is 12.3 Å². The summed E-state index contributed by atoms with van der Waals surface area (Å²) >= 11 is 0. The molecular weight excluding hydrogens is 441 g/mol. The fourth-order valence-electron chi connectivity index (χ4n) is 4.21. The van der Waals surface area contributed by atoms with Crippen molar-refractivity contribution in [3.8, 4) is 0 Å². The molecule has 4 rings (SSSR count). The molecule has 0 amide bonds. The molecule has 2 aromatic carbocycles. The Morgan fingerprint density at radius 1 is 1.15 bits per heavy atom. The van der Waals surface area contributed by atoms with Gasteiger partial charge in [0.2, 0.25) is 0 Å². The molecule has 1 saturated heterocycles. The van der Waals surface area contributed by atoms with Crippen LogP contribution in [-0.4, -0.2) is 60.8 Å². The summed E-state index contributed by atoms with van der Waals surface area (Å²) in [5, 5.41) is 0. The Morgan fingerprint density at radius 2 is 1.88 bits per heavy atom. The highest BCUT2D eigenvalue weighted by Crippen LogP contribution is 2.44. The zero-order valence-electron chi connectivity index (χ0n) is 18.9. The van der Waals surface area contributed by atoms with Gasteiger partial charge in [-0.15, -0.1) is 0 Å². The average Bonchev–Trinajstić information content (AvgIpc) is 3.05. The van der Waals surface area contributed by atoms with Crippen molar-refractivity contribution in [3.05, 3.63) is 70.5 Å². The Labute approximate surface area is 196 Å². The Hall–Kier alpha value is -2.61. The molecule has 0 aromatic heterocycles. The van der Waals surface area contributed by atoms with Crippen molar-refractivity contribution in [2.24, 2.45) is 0 Å². The third-order valence-electron chi connectivity index (χ3n) is 6.07. The number of rotatable bonds is 7. The lowest BCUT2D eigenvalue weighted by Gasteiger charge is -2.26. The minimum atomic E-state index is -1.04. The van der Waals surface area contributed by atoms with E-state index < -0.39 is 10.8 Å². The maximum absolute atomic E-state index is 14.1. The van der Waals surface area contributed by atoms with Crippen LogP contribution in [0.3, 0.4) is 0 Å². The quantitative estimate of drug-likeness (QED) is 0.570. The van der Waals surface area contributed by atoms with Crippen LogP contribution in [0.5, 0.6) is 0 Å². The zero-order valence-corrected chi connectivity index (χ0v) is 19.8. The van der Waals surface area contributed by atoms with Crippen molar-refractivity contribution in [2.45, 2.75) is 18.2 Å². The molecule has 7 heteroatoms. The molecule has 0 saturated carbocycles. The molecular formula is C26H28FNO4S. The van der Waals surface area contributed by atoms with Crippen LogP contribution in [0.1, 0.15) is 30.0 Å². The molecule has 1 fully saturated rings. The minimum absolute atomic E-state index is 0.0937. The first-order chi connectivity index (χ1) is 15.9. The number of nitrogens with zero attached hydrogens (tertiary/aromatic N) is 1. The van der Waals surface area contributed by atoms with Crippen LogP contribution in [0.2, 0.25) is 0 Å². The fraction of sp³-hybridized carbons (Fsp3) is 0.346. The van der Waals surface area contributed by atoms with E-state index in [0.29, 0.717) is 26.4 Å². The molecule has 2 aromatic rings. The predicted molar refractivity (Wildman–Crippen MR) is 128 cm³/mol. The van der Waals surface area contributed by atoms with Gasteiger partial charge >= 0.3 is 5.97 Å². The molecule has 0 radical (unpaired) electrons. The minimum Gasteiger partial charge on any atom is -0.464 e. The van der Waals surface area contributed by atoms with Gasteiger partial charge in [0.25, 0.3) is 0 Å². The Morgan fingerprint density at radius 3 is 2.58 bits per heavy atom. The summed E-state index contributed by atoms with van der Waals surface area (Å²) in [5.41, 5.74) is 5.25. The second kappa shape index (κ2) is 10.5. The molecule has 33 heavy (non-hydrogen) atoms. The molecule has 0 spiro atoms. The Bertz CT molecular complexity index is 1120. The lowest BCUT2D eigenvalue weighted by atomic mass is 10.0. The highest BCUT2D eigenvalue weighted by atomic mass is 32.2. The zero-order chi connectivity index (χ0) is 23.4. The van der Waals surface area contributed by atoms with Crippen molar-refractivity contribution in [1.29, 1.82) is 0 Å². The highest BCUT2D eigenvalue weighted by molar-refractivity contribution is 7.84. The lowest BCUT2D eigenvalue weighted by molar-refractivity contribution is -0.143. The van der Waals surface area contributed by atoms with Gasteiger partial charge in [-0.2, -0.15) is 0 Å². The van der Waals surface area contributed by atoms with Gasteiger partial charge < -0.3 is 9.47 Å². The third kappa shape index (κ3) is 5.66. The summed E-state index contributed by atoms with van der Waals surface area (Å²) in [5.74, 6) is -0.653. The number of carbonyl (C=O) groups excluding carboxylic acids is 1. The molecule has 0 N–H and O–H groups in total. The summed E-state index contributed by atoms with van der Waals surface area (Å²) in [6, 6.07) is 12.2. The van der Waals surface area contributed by atoms with E-state index in [1.165, 1.54) is 12.1 Å². The number of fused-ring (bicyclic) bond motifs is 1. The van der Waals surface area contributed by atoms with E-state index in [-0.39, 0.29) is 18.2 Å². The monoisotopic (exact) mass is 469 g/mol. The van der Waals surface area contributed by atoms with Crippen LogP contribution in [0.15, 0.2) is 52.9 Å². The van der Waals surface area contributed by atoms with Crippen LogP contribution in [-0.2, 0) is 25.1 Å². The second-order valence-electron chi connectivity index (χ2n) is 8.23. The Kier molecular flexibility index (Phi) is 7.53. The maximum atomic E-state index is 14.1. The largest absolute Gasteiger partial charge is 0.464 e. The first-order valence-electron chi connectivity index (χ1n) is 11.0. The number of esters is 1. The van der Waals surface area contributed by atoms with Crippen molar-refractivity contribution in [3.63, 3.8) is 0 Å². The number of hydrogen-bond donors (Lipinski definition) is 0. The number of allylic oxidation sites excluding steroid dienone is 2. The topological polar surface area (TPSA) is 55.8 Å². The van der Waals surface area contributed by atoms with Crippen LogP contribution in [0.4, 0.5) is 4.39 Å². The van der Waals surface area contributed by atoms with Crippen molar-refractivity contribution in [1.82, 2.24) is 4.90 Å². The van der Waals surface area contributed by atoms with Crippen molar-refractivity contribution >= 4 is 34.0 Å². The van der Waals surface area contributed by atoms with Gasteiger partial charge in [-0.1, -0.05) is 18.2 Å². The number of hydrogen-bond acceptors (Lipinski definition) is 5. The summed E-state index contributed by atoms with van der Waals surface area (Å²) < 4.78 is 36.6. The van der Waals surface area contributed by atoms with Crippen LogP contribution < -0.4 is 0 Å². The van der Waals surface area contributed by atoms with Gasteiger partial charge in [0.05, 0.1) is 19.6 Å². The normalized spacial score (nSPS) is 18.5. The van der Waals surface area contributed by atoms with E-state index >= 15 is 0 Å². The molecule has 1 aliphatic carbocycles. The van der Waals surface area contributed by atoms with E-state index in [4.69, 9.17) is 9.47 Å². The SMILES string of the molecule is CC1=C(CC(=O)OCCN2CCOCC2)c2cc(F)ccc2C1=Cc1ccc(S(C)=O)cc1. The molecule has 174 valence electrons. The van der Waals surface area contributed by atoms with Gasteiger partial charge in [-0.05, 0) is 70.7 Å². The van der Waals surface area contributed by atoms with E-state index in [1.807, 2.05) is 37.3 Å². The van der Waals surface area contributed by atoms with Gasteiger partial charge in [-0.25, -0.2) is 4.39 Å². The molecule has 1 atom stereocenters. The first-order valence-corrected chi connectivity index (χ1v) is 12.6. The summed E-state index contributed by atoms with van der Waals surface area (Å²) in [6.07, 6.45) is 3.76. The number of ether oxygens (including phenoxy) is 2. The molecule has 0 bridgehead atoms. The third-order valence-corrected chi connectivity index (χ3v) is 7.01. The smallest absolute Gasteiger partial charge is 0.310 e. The van der Waals surface area contributed by atoms with Crippen LogP contribution >= 0.6 is 0 Å². The van der Waals surface area contributed by atoms with Gasteiger partial charge in [0.15, 0.2) is 0 Å². The molecule has 2 aliphatic rings. The summed E-state index contributed by atoms with van der Waals surface area (Å²) in [6.45, 7) is 6.06. The van der Waals surface area contributed by atoms with Crippen LogP contribution in [0, 0.1) is 5.82 Å². The number of morpholine rings is 1. The van der Waals surface area contributed by atoms with Gasteiger partial charge in [0.1, 0.15) is 12.4 Å². The second-order valence-corrected chi connectivity index (χ2v) is 9.61. The highest BCUT2D eigenvalue weighted by Gasteiger charge is 2.26. The Balaban J connectivity index is 1.52. The number of halogens is 1. The molecule has 1 unspecified atom stereocenters. The fourth-order valence-corrected chi connectivity index (χ4v) is 4.73. The number of benzene rings is 2. The summed E-state index contributed by atoms with van der Waals surface area (Å²) in [4.78, 5) is 15.6. The average molecular weight is 470 g/mol. The van der Waals surface area contributed by atoms with Crippen molar-refractivity contribution in [2.75, 3.05) is 45.7 Å². The summed E-state index contributed by atoms with van der Waals surface area (Å²) in [7, 11) is -1.04.